The molecule has 1 heterocycles. The van der Waals surface area contributed by atoms with Crippen molar-refractivity contribution in [3.8, 4) is 6.07 Å². The van der Waals surface area contributed by atoms with Gasteiger partial charge >= 0.3 is 5.97 Å². The van der Waals surface area contributed by atoms with Crippen LogP contribution in [0.1, 0.15) is 37.7 Å². The van der Waals surface area contributed by atoms with Crippen LogP contribution in [0.5, 0.6) is 0 Å². The van der Waals surface area contributed by atoms with E-state index in [9.17, 15) is 14.9 Å². The molecule has 0 radical (unpaired) electrons. The van der Waals surface area contributed by atoms with Crippen LogP contribution in [0.25, 0.3) is 0 Å². The molecule has 2 rings (SSSR count). The van der Waals surface area contributed by atoms with Gasteiger partial charge in [0.05, 0.1) is 0 Å². The second kappa shape index (κ2) is 9.48. The number of unbranched alkanes of at least 4 members (excludes halogenated alkanes) is 2. The normalized spacial score (nSPS) is 13.7. The van der Waals surface area contributed by atoms with E-state index in [2.05, 4.69) is 5.32 Å². The highest BCUT2D eigenvalue weighted by Crippen LogP contribution is 2.27. The van der Waals surface area contributed by atoms with Gasteiger partial charge in [-0.15, -0.1) is 0 Å². The monoisotopic (exact) mass is 341 g/mol. The van der Waals surface area contributed by atoms with Crippen molar-refractivity contribution in [2.75, 3.05) is 18.0 Å². The summed E-state index contributed by atoms with van der Waals surface area (Å²) in [6.45, 7) is 1.22. The fourth-order valence-corrected chi connectivity index (χ4v) is 2.89. The summed E-state index contributed by atoms with van der Waals surface area (Å²) in [5.74, 6) is -1.07. The summed E-state index contributed by atoms with van der Waals surface area (Å²) >= 11 is 0. The number of aryl methyl sites for hydroxylation is 1. The molecule has 25 heavy (non-hydrogen) atoms. The first-order valence-electron chi connectivity index (χ1n) is 8.58. The van der Waals surface area contributed by atoms with Gasteiger partial charge in [-0.05, 0) is 37.3 Å². The number of para-hydroxylation sites is 1. The van der Waals surface area contributed by atoms with E-state index in [1.165, 1.54) is 6.20 Å². The Morgan fingerprint density at radius 2 is 2.08 bits per heavy atom. The number of carbonyl (C=O) groups is 2. The van der Waals surface area contributed by atoms with Crippen molar-refractivity contribution in [2.24, 2.45) is 0 Å². The number of nitrogens with one attached hydrogen (secondary N) is 1. The van der Waals surface area contributed by atoms with Crippen LogP contribution in [0, 0.1) is 11.3 Å². The Bertz CT molecular complexity index is 691. The third-order valence-corrected chi connectivity index (χ3v) is 4.16. The van der Waals surface area contributed by atoms with E-state index in [4.69, 9.17) is 5.11 Å². The first-order valence-corrected chi connectivity index (χ1v) is 8.58. The van der Waals surface area contributed by atoms with Gasteiger partial charge in [-0.3, -0.25) is 9.59 Å². The van der Waals surface area contributed by atoms with Gasteiger partial charge in [0.25, 0.3) is 5.91 Å². The molecule has 0 aliphatic carbocycles. The van der Waals surface area contributed by atoms with E-state index in [1.54, 1.807) is 4.90 Å². The van der Waals surface area contributed by atoms with E-state index in [0.717, 1.165) is 36.9 Å². The number of hydrogen-bond donors (Lipinski definition) is 2. The van der Waals surface area contributed by atoms with E-state index in [0.29, 0.717) is 19.5 Å². The molecule has 0 fully saturated rings. The maximum atomic E-state index is 12.7. The van der Waals surface area contributed by atoms with Crippen LogP contribution in [-0.2, 0) is 16.0 Å². The van der Waals surface area contributed by atoms with E-state index in [1.807, 2.05) is 30.3 Å². The highest BCUT2D eigenvalue weighted by molar-refractivity contribution is 6.08. The van der Waals surface area contributed by atoms with Gasteiger partial charge in [0.1, 0.15) is 11.6 Å². The molecule has 0 aromatic heterocycles. The number of nitriles is 1. The summed E-state index contributed by atoms with van der Waals surface area (Å²) in [6, 6.07) is 9.76. The lowest BCUT2D eigenvalue weighted by molar-refractivity contribution is -0.137. The summed E-state index contributed by atoms with van der Waals surface area (Å²) in [6.07, 6.45) is 5.70. The zero-order chi connectivity index (χ0) is 18.1. The minimum absolute atomic E-state index is 0.0854. The lowest BCUT2D eigenvalue weighted by atomic mass is 10.0. The number of nitrogens with zero attached hydrogens (tertiary/aromatic N) is 2. The highest BCUT2D eigenvalue weighted by Gasteiger charge is 2.24. The average molecular weight is 341 g/mol. The maximum Gasteiger partial charge on any atom is 0.303 e. The average Bonchev–Trinajstić information content (AvgIpc) is 2.63. The fourth-order valence-electron chi connectivity index (χ4n) is 2.89. The maximum absolute atomic E-state index is 12.7. The number of rotatable bonds is 8. The predicted octanol–water partition coefficient (Wildman–Crippen LogP) is 2.61. The van der Waals surface area contributed by atoms with Gasteiger partial charge in [-0.1, -0.05) is 24.6 Å². The highest BCUT2D eigenvalue weighted by atomic mass is 16.4. The molecule has 1 aromatic rings. The Morgan fingerprint density at radius 1 is 1.28 bits per heavy atom. The van der Waals surface area contributed by atoms with Crippen molar-refractivity contribution in [1.82, 2.24) is 5.32 Å². The predicted molar refractivity (Wildman–Crippen MR) is 94.9 cm³/mol. The summed E-state index contributed by atoms with van der Waals surface area (Å²) in [5.41, 5.74) is 2.10. The number of amides is 1. The van der Waals surface area contributed by atoms with Crippen molar-refractivity contribution in [2.45, 2.75) is 38.5 Å². The summed E-state index contributed by atoms with van der Waals surface area (Å²) < 4.78 is 0. The number of anilines is 1. The summed E-state index contributed by atoms with van der Waals surface area (Å²) in [4.78, 5) is 24.8. The number of benzene rings is 1. The largest absolute Gasteiger partial charge is 0.481 e. The molecule has 0 unspecified atom stereocenters. The second-order valence-corrected chi connectivity index (χ2v) is 6.02. The van der Waals surface area contributed by atoms with E-state index in [-0.39, 0.29) is 17.9 Å². The molecular weight excluding hydrogens is 318 g/mol. The quantitative estimate of drug-likeness (QED) is 0.431. The first-order chi connectivity index (χ1) is 12.1. The van der Waals surface area contributed by atoms with Crippen LogP contribution in [0.4, 0.5) is 5.69 Å². The molecule has 1 amide bonds. The molecule has 6 nitrogen and oxygen atoms in total. The molecular formula is C19H23N3O3. The Labute approximate surface area is 147 Å². The van der Waals surface area contributed by atoms with Crippen molar-refractivity contribution in [1.29, 1.82) is 5.26 Å². The van der Waals surface area contributed by atoms with Crippen LogP contribution in [0.15, 0.2) is 36.0 Å². The van der Waals surface area contributed by atoms with Crippen molar-refractivity contribution >= 4 is 17.6 Å². The standard InChI is InChI=1S/C19H23N3O3/c20-13-16(14-21-11-5-1-2-10-18(23)24)19(25)22-12-6-8-15-7-3-4-9-17(15)22/h3-4,7,9,14,21H,1-2,5-6,8,10-12H2,(H,23,24)/b16-14-. The SMILES string of the molecule is N#C/C(=C/NCCCCCC(=O)O)C(=O)N1CCCc2ccccc21. The van der Waals surface area contributed by atoms with Crippen LogP contribution < -0.4 is 10.2 Å². The number of fused-ring (bicyclic) bond motifs is 1. The summed E-state index contributed by atoms with van der Waals surface area (Å²) in [7, 11) is 0. The third kappa shape index (κ3) is 5.35. The second-order valence-electron chi connectivity index (χ2n) is 6.02. The number of carboxylic acid groups (broad SMARTS) is 1. The van der Waals surface area contributed by atoms with Gasteiger partial charge in [0.15, 0.2) is 0 Å². The number of aliphatic carboxylic acids is 1. The molecule has 1 aliphatic rings. The first kappa shape index (κ1) is 18.5. The topological polar surface area (TPSA) is 93.4 Å². The Hall–Kier alpha value is -2.81. The van der Waals surface area contributed by atoms with Crippen LogP contribution in [0.2, 0.25) is 0 Å². The minimum atomic E-state index is -0.785. The number of carbonyl (C=O) groups excluding carboxylic acids is 1. The Morgan fingerprint density at radius 3 is 2.84 bits per heavy atom. The molecule has 0 atom stereocenters. The van der Waals surface area contributed by atoms with Crippen LogP contribution in [0.3, 0.4) is 0 Å². The number of carboxylic acids is 1. The lowest BCUT2D eigenvalue weighted by Crippen LogP contribution is -2.36. The van der Waals surface area contributed by atoms with Gasteiger partial charge in [0.2, 0.25) is 0 Å². The van der Waals surface area contributed by atoms with Gasteiger partial charge in [-0.2, -0.15) is 5.26 Å². The summed E-state index contributed by atoms with van der Waals surface area (Å²) in [5, 5.41) is 20.9. The smallest absolute Gasteiger partial charge is 0.303 e. The lowest BCUT2D eigenvalue weighted by Gasteiger charge is -2.29. The molecule has 1 aliphatic heterocycles. The third-order valence-electron chi connectivity index (χ3n) is 4.16. The molecule has 0 saturated heterocycles. The molecule has 2 N–H and O–H groups in total. The van der Waals surface area contributed by atoms with Crippen LogP contribution >= 0.6 is 0 Å². The minimum Gasteiger partial charge on any atom is -0.481 e. The number of hydrogen-bond acceptors (Lipinski definition) is 4. The van der Waals surface area contributed by atoms with E-state index >= 15 is 0 Å². The molecule has 6 heteroatoms. The zero-order valence-electron chi connectivity index (χ0n) is 14.2. The molecule has 0 bridgehead atoms. The fraction of sp³-hybridized carbons (Fsp3) is 0.421. The molecule has 0 saturated carbocycles. The molecule has 132 valence electrons. The zero-order valence-corrected chi connectivity index (χ0v) is 14.2. The van der Waals surface area contributed by atoms with Crippen molar-refractivity contribution in [3.05, 3.63) is 41.6 Å². The van der Waals surface area contributed by atoms with Crippen molar-refractivity contribution in [3.63, 3.8) is 0 Å². The van der Waals surface area contributed by atoms with Crippen molar-refractivity contribution < 1.29 is 14.7 Å². The van der Waals surface area contributed by atoms with Gasteiger partial charge in [-0.25, -0.2) is 0 Å². The van der Waals surface area contributed by atoms with Gasteiger partial charge < -0.3 is 15.3 Å². The van der Waals surface area contributed by atoms with E-state index < -0.39 is 5.97 Å². The van der Waals surface area contributed by atoms with Crippen LogP contribution in [-0.4, -0.2) is 30.1 Å². The molecule has 1 aromatic carbocycles. The molecule has 0 spiro atoms. The van der Waals surface area contributed by atoms with Gasteiger partial charge in [0, 0.05) is 31.4 Å². The Balaban J connectivity index is 1.89. The Kier molecular flexibility index (Phi) is 7.02.